The molecule has 0 fully saturated rings. The Hall–Kier alpha value is -2.34. The van der Waals surface area contributed by atoms with Crippen LogP contribution in [0.2, 0.25) is 0 Å². The molecule has 2 rings (SSSR count). The van der Waals surface area contributed by atoms with Crippen LogP contribution < -0.4 is 10.1 Å². The number of nitrogens with zero attached hydrogens (tertiary/aromatic N) is 1. The van der Waals surface area contributed by atoms with Gasteiger partial charge in [0.1, 0.15) is 11.8 Å². The maximum atomic E-state index is 13.3. The lowest BCUT2D eigenvalue weighted by molar-refractivity contribution is -0.142. The quantitative estimate of drug-likeness (QED) is 0.511. The van der Waals surface area contributed by atoms with E-state index in [1.165, 1.54) is 0 Å². The van der Waals surface area contributed by atoms with E-state index in [0.29, 0.717) is 25.1 Å². The summed E-state index contributed by atoms with van der Waals surface area (Å²) in [7, 11) is 0. The molecule has 0 aliphatic rings. The zero-order chi connectivity index (χ0) is 23.9. The van der Waals surface area contributed by atoms with E-state index in [1.54, 1.807) is 4.90 Å². The molecule has 0 aromatic heterocycles. The van der Waals surface area contributed by atoms with E-state index in [0.717, 1.165) is 21.2 Å². The highest BCUT2D eigenvalue weighted by Gasteiger charge is 2.30. The Balaban J connectivity index is 2.19. The minimum Gasteiger partial charge on any atom is -0.484 e. The molecule has 32 heavy (non-hydrogen) atoms. The molecule has 0 heterocycles. The second kappa shape index (κ2) is 11.5. The first kappa shape index (κ1) is 25.9. The molecule has 0 radical (unpaired) electrons. The van der Waals surface area contributed by atoms with Gasteiger partial charge in [-0.2, -0.15) is 0 Å². The van der Waals surface area contributed by atoms with E-state index in [-0.39, 0.29) is 24.0 Å². The Bertz CT molecular complexity index is 899. The molecule has 0 aliphatic heterocycles. The van der Waals surface area contributed by atoms with E-state index in [1.807, 2.05) is 84.0 Å². The summed E-state index contributed by atoms with van der Waals surface area (Å²) in [5, 5.41) is 3.02. The SMILES string of the molecule is CC[C@@H](C(=O)NC(C)(C)C)N(CCc1ccccc1)C(=O)COc1cc(C)c(Br)c(C)c1. The average Bonchev–Trinajstić information content (AvgIpc) is 2.72. The average molecular weight is 503 g/mol. The van der Waals surface area contributed by atoms with E-state index in [9.17, 15) is 9.59 Å². The fourth-order valence-corrected chi connectivity index (χ4v) is 3.80. The van der Waals surface area contributed by atoms with Crippen molar-refractivity contribution in [1.82, 2.24) is 10.2 Å². The van der Waals surface area contributed by atoms with Gasteiger partial charge in [0.2, 0.25) is 5.91 Å². The zero-order valence-corrected chi connectivity index (χ0v) is 21.6. The first-order chi connectivity index (χ1) is 15.0. The van der Waals surface area contributed by atoms with E-state index in [4.69, 9.17) is 4.74 Å². The van der Waals surface area contributed by atoms with Gasteiger partial charge in [0.15, 0.2) is 6.61 Å². The highest BCUT2D eigenvalue weighted by Crippen LogP contribution is 2.26. The van der Waals surface area contributed by atoms with Crippen LogP contribution in [0.1, 0.15) is 50.8 Å². The predicted octanol–water partition coefficient (Wildman–Crippen LogP) is 5.21. The molecule has 2 aromatic rings. The number of aryl methyl sites for hydroxylation is 2. The predicted molar refractivity (Wildman–Crippen MR) is 133 cm³/mol. The third-order valence-electron chi connectivity index (χ3n) is 5.14. The maximum absolute atomic E-state index is 13.3. The third kappa shape index (κ3) is 7.66. The van der Waals surface area contributed by atoms with Crippen LogP contribution in [0.15, 0.2) is 46.9 Å². The van der Waals surface area contributed by atoms with Crippen LogP contribution in [0.3, 0.4) is 0 Å². The molecule has 1 N–H and O–H groups in total. The molecule has 0 aliphatic carbocycles. The lowest BCUT2D eigenvalue weighted by Crippen LogP contribution is -2.54. The van der Waals surface area contributed by atoms with Crippen molar-refractivity contribution >= 4 is 27.7 Å². The highest BCUT2D eigenvalue weighted by molar-refractivity contribution is 9.10. The molecule has 174 valence electrons. The fourth-order valence-electron chi connectivity index (χ4n) is 3.57. The Labute approximate surface area is 200 Å². The lowest BCUT2D eigenvalue weighted by atomic mass is 10.1. The first-order valence-electron chi connectivity index (χ1n) is 11.1. The van der Waals surface area contributed by atoms with Gasteiger partial charge in [-0.25, -0.2) is 0 Å². The summed E-state index contributed by atoms with van der Waals surface area (Å²) in [6.07, 6.45) is 1.20. The van der Waals surface area contributed by atoms with Crippen molar-refractivity contribution in [3.63, 3.8) is 0 Å². The molecule has 0 spiro atoms. The Kier molecular flexibility index (Phi) is 9.32. The number of nitrogens with one attached hydrogen (secondary N) is 1. The number of carbonyl (C=O) groups excluding carboxylic acids is 2. The Morgan fingerprint density at radius 2 is 1.69 bits per heavy atom. The second-order valence-corrected chi connectivity index (χ2v) is 9.94. The van der Waals surface area contributed by atoms with Gasteiger partial charge in [-0.3, -0.25) is 9.59 Å². The Morgan fingerprint density at radius 3 is 2.22 bits per heavy atom. The summed E-state index contributed by atoms with van der Waals surface area (Å²) in [6.45, 7) is 12.1. The molecule has 0 unspecified atom stereocenters. The molecular weight excluding hydrogens is 468 g/mol. The van der Waals surface area contributed by atoms with Crippen LogP contribution >= 0.6 is 15.9 Å². The number of halogens is 1. The molecule has 0 saturated carbocycles. The molecule has 1 atom stereocenters. The molecule has 2 aromatic carbocycles. The number of benzene rings is 2. The van der Waals surface area contributed by atoms with Crippen molar-refractivity contribution in [2.75, 3.05) is 13.2 Å². The number of hydrogen-bond donors (Lipinski definition) is 1. The summed E-state index contributed by atoms with van der Waals surface area (Å²) in [4.78, 5) is 27.9. The van der Waals surface area contributed by atoms with Gasteiger partial charge >= 0.3 is 0 Å². The monoisotopic (exact) mass is 502 g/mol. The number of carbonyl (C=O) groups is 2. The Morgan fingerprint density at radius 1 is 1.09 bits per heavy atom. The number of ether oxygens (including phenoxy) is 1. The van der Waals surface area contributed by atoms with Gasteiger partial charge < -0.3 is 15.0 Å². The smallest absolute Gasteiger partial charge is 0.261 e. The minimum atomic E-state index is -0.553. The van der Waals surface area contributed by atoms with Crippen LogP contribution in [-0.4, -0.2) is 41.4 Å². The second-order valence-electron chi connectivity index (χ2n) is 9.15. The van der Waals surface area contributed by atoms with Gasteiger partial charge in [0.05, 0.1) is 0 Å². The van der Waals surface area contributed by atoms with Crippen molar-refractivity contribution in [1.29, 1.82) is 0 Å². The van der Waals surface area contributed by atoms with E-state index >= 15 is 0 Å². The van der Waals surface area contributed by atoms with Crippen molar-refractivity contribution in [3.05, 3.63) is 63.6 Å². The van der Waals surface area contributed by atoms with Crippen molar-refractivity contribution in [2.45, 2.75) is 66.0 Å². The third-order valence-corrected chi connectivity index (χ3v) is 6.39. The van der Waals surface area contributed by atoms with E-state index in [2.05, 4.69) is 21.2 Å². The van der Waals surface area contributed by atoms with Crippen LogP contribution in [0, 0.1) is 13.8 Å². The minimum absolute atomic E-state index is 0.116. The molecule has 6 heteroatoms. The topological polar surface area (TPSA) is 58.6 Å². The summed E-state index contributed by atoms with van der Waals surface area (Å²) in [5.41, 5.74) is 2.84. The standard InChI is InChI=1S/C26H35BrN2O3/c1-7-22(25(31)28-26(4,5)6)29(14-13-20-11-9-8-10-12-20)23(30)17-32-21-15-18(2)24(27)19(3)16-21/h8-12,15-16,22H,7,13-14,17H2,1-6H3,(H,28,31)/t22-/m0/s1. The van der Waals surface area contributed by atoms with Crippen LogP contribution in [0.5, 0.6) is 5.75 Å². The summed E-state index contributed by atoms with van der Waals surface area (Å²) in [6, 6.07) is 13.2. The lowest BCUT2D eigenvalue weighted by Gasteiger charge is -2.33. The molecule has 0 saturated heterocycles. The number of hydrogen-bond acceptors (Lipinski definition) is 3. The van der Waals surface area contributed by atoms with Gasteiger partial charge in [-0.1, -0.05) is 53.2 Å². The zero-order valence-electron chi connectivity index (χ0n) is 20.0. The summed E-state index contributed by atoms with van der Waals surface area (Å²) < 4.78 is 6.88. The van der Waals surface area contributed by atoms with Crippen molar-refractivity contribution in [2.24, 2.45) is 0 Å². The fraction of sp³-hybridized carbons (Fsp3) is 0.462. The van der Waals surface area contributed by atoms with Crippen LogP contribution in [-0.2, 0) is 16.0 Å². The summed E-state index contributed by atoms with van der Waals surface area (Å²) >= 11 is 3.55. The molecule has 0 bridgehead atoms. The number of rotatable bonds is 9. The van der Waals surface area contributed by atoms with Gasteiger partial charge in [0.25, 0.3) is 5.91 Å². The number of amides is 2. The molecular formula is C26H35BrN2O3. The molecule has 5 nitrogen and oxygen atoms in total. The molecule has 2 amide bonds. The van der Waals surface area contributed by atoms with Gasteiger partial charge in [0, 0.05) is 16.6 Å². The van der Waals surface area contributed by atoms with Crippen LogP contribution in [0.4, 0.5) is 0 Å². The largest absolute Gasteiger partial charge is 0.484 e. The van der Waals surface area contributed by atoms with E-state index < -0.39 is 6.04 Å². The summed E-state index contributed by atoms with van der Waals surface area (Å²) in [5.74, 6) is 0.304. The van der Waals surface area contributed by atoms with Gasteiger partial charge in [-0.15, -0.1) is 0 Å². The normalized spacial score (nSPS) is 12.2. The first-order valence-corrected chi connectivity index (χ1v) is 11.9. The van der Waals surface area contributed by atoms with Gasteiger partial charge in [-0.05, 0) is 76.3 Å². The van der Waals surface area contributed by atoms with Crippen molar-refractivity contribution < 1.29 is 14.3 Å². The highest BCUT2D eigenvalue weighted by atomic mass is 79.9. The van der Waals surface area contributed by atoms with Crippen molar-refractivity contribution in [3.8, 4) is 5.75 Å². The maximum Gasteiger partial charge on any atom is 0.261 e. The van der Waals surface area contributed by atoms with Crippen LogP contribution in [0.25, 0.3) is 0 Å².